The summed E-state index contributed by atoms with van der Waals surface area (Å²) in [4.78, 5) is 8.37. The van der Waals surface area contributed by atoms with E-state index in [1.807, 2.05) is 18.2 Å². The summed E-state index contributed by atoms with van der Waals surface area (Å²) in [6.45, 7) is 0. The molecule has 0 fully saturated rings. The number of nitrogens with zero attached hydrogens (tertiary/aromatic N) is 3. The molecule has 0 amide bonds. The summed E-state index contributed by atoms with van der Waals surface area (Å²) >= 11 is 0. The van der Waals surface area contributed by atoms with Gasteiger partial charge in [0.1, 0.15) is 5.82 Å². The molecule has 0 aliphatic carbocycles. The Balaban J connectivity index is 2.20. The third kappa shape index (κ3) is 1.55. The van der Waals surface area contributed by atoms with Gasteiger partial charge < -0.3 is 16.0 Å². The standard InChI is InChI=1S/C11H9N5O/c12-10-5-14-9-3-6(1-2-8(9)16-10)7-4-15-17-11(7)13/h1-5H,13H2,(H2,12,16). The van der Waals surface area contributed by atoms with Gasteiger partial charge in [0, 0.05) is 0 Å². The topological polar surface area (TPSA) is 104 Å². The SMILES string of the molecule is Nc1cnc2cc(-c3cnoc3N)ccc2n1. The molecule has 0 aliphatic heterocycles. The number of hydrogen-bond acceptors (Lipinski definition) is 6. The van der Waals surface area contributed by atoms with Crippen LogP contribution in [0.25, 0.3) is 22.2 Å². The Kier molecular flexibility index (Phi) is 1.94. The van der Waals surface area contributed by atoms with Crippen molar-refractivity contribution in [3.8, 4) is 11.1 Å². The molecule has 84 valence electrons. The fourth-order valence-electron chi connectivity index (χ4n) is 1.66. The van der Waals surface area contributed by atoms with E-state index >= 15 is 0 Å². The Morgan fingerprint density at radius 2 is 1.94 bits per heavy atom. The molecule has 3 aromatic rings. The van der Waals surface area contributed by atoms with Crippen LogP contribution < -0.4 is 11.5 Å². The van der Waals surface area contributed by atoms with Crippen molar-refractivity contribution in [2.45, 2.75) is 0 Å². The van der Waals surface area contributed by atoms with E-state index in [2.05, 4.69) is 15.1 Å². The molecule has 0 aliphatic rings. The van der Waals surface area contributed by atoms with E-state index in [0.717, 1.165) is 22.2 Å². The van der Waals surface area contributed by atoms with Crippen LogP contribution in [-0.2, 0) is 0 Å². The predicted octanol–water partition coefficient (Wildman–Crippen LogP) is 1.45. The zero-order valence-electron chi connectivity index (χ0n) is 8.79. The quantitative estimate of drug-likeness (QED) is 0.652. The van der Waals surface area contributed by atoms with E-state index in [1.54, 1.807) is 6.20 Å². The molecule has 0 saturated heterocycles. The maximum atomic E-state index is 5.66. The van der Waals surface area contributed by atoms with Gasteiger partial charge in [-0.25, -0.2) is 4.98 Å². The molecule has 2 heterocycles. The van der Waals surface area contributed by atoms with Crippen molar-refractivity contribution in [3.63, 3.8) is 0 Å². The number of nitrogen functional groups attached to an aromatic ring is 2. The van der Waals surface area contributed by atoms with Gasteiger partial charge in [0.25, 0.3) is 0 Å². The van der Waals surface area contributed by atoms with Gasteiger partial charge in [-0.3, -0.25) is 4.98 Å². The van der Waals surface area contributed by atoms with E-state index in [1.165, 1.54) is 6.20 Å². The Labute approximate surface area is 96.3 Å². The highest BCUT2D eigenvalue weighted by Crippen LogP contribution is 2.27. The molecule has 0 bridgehead atoms. The highest BCUT2D eigenvalue weighted by Gasteiger charge is 2.08. The summed E-state index contributed by atoms with van der Waals surface area (Å²) in [6.07, 6.45) is 3.09. The summed E-state index contributed by atoms with van der Waals surface area (Å²) in [5.74, 6) is 0.683. The Hall–Kier alpha value is -2.63. The van der Waals surface area contributed by atoms with Gasteiger partial charge in [-0.2, -0.15) is 0 Å². The van der Waals surface area contributed by atoms with Gasteiger partial charge in [-0.1, -0.05) is 11.2 Å². The average molecular weight is 227 g/mol. The maximum Gasteiger partial charge on any atom is 0.229 e. The van der Waals surface area contributed by atoms with Gasteiger partial charge in [-0.15, -0.1) is 0 Å². The summed E-state index contributed by atoms with van der Waals surface area (Å²) < 4.78 is 4.82. The summed E-state index contributed by atoms with van der Waals surface area (Å²) in [5.41, 5.74) is 14.3. The zero-order valence-corrected chi connectivity index (χ0v) is 8.79. The second-order valence-electron chi connectivity index (χ2n) is 3.60. The van der Waals surface area contributed by atoms with Gasteiger partial charge in [-0.05, 0) is 17.7 Å². The number of hydrogen-bond donors (Lipinski definition) is 2. The van der Waals surface area contributed by atoms with Crippen molar-refractivity contribution < 1.29 is 4.52 Å². The fraction of sp³-hybridized carbons (Fsp3) is 0. The van der Waals surface area contributed by atoms with Crippen molar-refractivity contribution in [1.82, 2.24) is 15.1 Å². The third-order valence-electron chi connectivity index (χ3n) is 2.47. The normalized spacial score (nSPS) is 10.8. The number of anilines is 2. The first-order chi connectivity index (χ1) is 8.24. The van der Waals surface area contributed by atoms with Crippen LogP contribution in [0.4, 0.5) is 11.7 Å². The molecule has 0 atom stereocenters. The molecule has 6 heteroatoms. The van der Waals surface area contributed by atoms with Crippen LogP contribution in [0.1, 0.15) is 0 Å². The minimum absolute atomic E-state index is 0.285. The molecule has 0 unspecified atom stereocenters. The summed E-state index contributed by atoms with van der Waals surface area (Å²) in [6, 6.07) is 5.57. The fourth-order valence-corrected chi connectivity index (χ4v) is 1.66. The Bertz CT molecular complexity index is 691. The first kappa shape index (κ1) is 9.59. The molecular formula is C11H9N5O. The van der Waals surface area contributed by atoms with E-state index in [-0.39, 0.29) is 5.88 Å². The monoisotopic (exact) mass is 227 g/mol. The maximum absolute atomic E-state index is 5.66. The first-order valence-corrected chi connectivity index (χ1v) is 4.97. The van der Waals surface area contributed by atoms with Crippen molar-refractivity contribution >= 4 is 22.7 Å². The molecule has 0 radical (unpaired) electrons. The van der Waals surface area contributed by atoms with Crippen LogP contribution in [0.15, 0.2) is 35.1 Å². The first-order valence-electron chi connectivity index (χ1n) is 4.97. The lowest BCUT2D eigenvalue weighted by atomic mass is 10.1. The van der Waals surface area contributed by atoms with Crippen LogP contribution in [0.5, 0.6) is 0 Å². The van der Waals surface area contributed by atoms with E-state index in [9.17, 15) is 0 Å². The number of aromatic nitrogens is 3. The van der Waals surface area contributed by atoms with E-state index in [0.29, 0.717) is 5.82 Å². The molecule has 0 saturated carbocycles. The molecule has 0 spiro atoms. The van der Waals surface area contributed by atoms with Crippen LogP contribution in [-0.4, -0.2) is 15.1 Å². The second kappa shape index (κ2) is 3.44. The minimum Gasteiger partial charge on any atom is -0.382 e. The lowest BCUT2D eigenvalue weighted by Crippen LogP contribution is -1.92. The van der Waals surface area contributed by atoms with Crippen molar-refractivity contribution in [2.75, 3.05) is 11.5 Å². The minimum atomic E-state index is 0.285. The number of fused-ring (bicyclic) bond motifs is 1. The highest BCUT2D eigenvalue weighted by atomic mass is 16.5. The van der Waals surface area contributed by atoms with Crippen LogP contribution >= 0.6 is 0 Å². The van der Waals surface area contributed by atoms with Gasteiger partial charge in [0.15, 0.2) is 0 Å². The summed E-state index contributed by atoms with van der Waals surface area (Å²) in [5, 5.41) is 3.64. The van der Waals surface area contributed by atoms with E-state index < -0.39 is 0 Å². The molecule has 3 rings (SSSR count). The Morgan fingerprint density at radius 1 is 1.06 bits per heavy atom. The predicted molar refractivity (Wildman–Crippen MR) is 63.9 cm³/mol. The molecule has 17 heavy (non-hydrogen) atoms. The largest absolute Gasteiger partial charge is 0.382 e. The smallest absolute Gasteiger partial charge is 0.229 e. The molecule has 2 aromatic heterocycles. The third-order valence-corrected chi connectivity index (χ3v) is 2.47. The van der Waals surface area contributed by atoms with Gasteiger partial charge >= 0.3 is 0 Å². The molecular weight excluding hydrogens is 218 g/mol. The Morgan fingerprint density at radius 3 is 2.71 bits per heavy atom. The molecule has 1 aromatic carbocycles. The molecule has 4 N–H and O–H groups in total. The van der Waals surface area contributed by atoms with Crippen LogP contribution in [0, 0.1) is 0 Å². The van der Waals surface area contributed by atoms with Gasteiger partial charge in [0.05, 0.1) is 29.0 Å². The molecule has 6 nitrogen and oxygen atoms in total. The van der Waals surface area contributed by atoms with Gasteiger partial charge in [0.2, 0.25) is 5.88 Å². The zero-order chi connectivity index (χ0) is 11.8. The van der Waals surface area contributed by atoms with Crippen molar-refractivity contribution in [3.05, 3.63) is 30.6 Å². The number of nitrogens with two attached hydrogens (primary N) is 2. The van der Waals surface area contributed by atoms with Crippen LogP contribution in [0.2, 0.25) is 0 Å². The number of benzene rings is 1. The lowest BCUT2D eigenvalue weighted by molar-refractivity contribution is 0.436. The van der Waals surface area contributed by atoms with Crippen molar-refractivity contribution in [2.24, 2.45) is 0 Å². The second-order valence-corrected chi connectivity index (χ2v) is 3.60. The van der Waals surface area contributed by atoms with Crippen molar-refractivity contribution in [1.29, 1.82) is 0 Å². The average Bonchev–Trinajstić information content (AvgIpc) is 2.75. The highest BCUT2D eigenvalue weighted by molar-refractivity contribution is 5.84. The van der Waals surface area contributed by atoms with E-state index in [4.69, 9.17) is 16.0 Å². The summed E-state index contributed by atoms with van der Waals surface area (Å²) in [7, 11) is 0. The number of rotatable bonds is 1. The van der Waals surface area contributed by atoms with Crippen LogP contribution in [0.3, 0.4) is 0 Å². The lowest BCUT2D eigenvalue weighted by Gasteiger charge is -2.01.